The molecule has 0 aliphatic carbocycles. The van der Waals surface area contributed by atoms with E-state index in [9.17, 15) is 15.2 Å². The van der Waals surface area contributed by atoms with Crippen LogP contribution >= 0.6 is 0 Å². The first-order valence-corrected chi connectivity index (χ1v) is 6.46. The lowest BCUT2D eigenvalue weighted by Gasteiger charge is -2.13. The van der Waals surface area contributed by atoms with Gasteiger partial charge in [0.2, 0.25) is 11.6 Å². The van der Waals surface area contributed by atoms with Crippen molar-refractivity contribution in [3.8, 4) is 11.6 Å². The molecule has 0 spiro atoms. The first kappa shape index (κ1) is 14.9. The number of nitro groups is 1. The smallest absolute Gasteiger partial charge is 0.312 e. The lowest BCUT2D eigenvalue weighted by atomic mass is 10.1. The normalized spacial score (nSPS) is 12.0. The standard InChI is InChI=1S/C15H16N2O4/c1-9-7-10(2)14(13(8-9)17(19)20)21-15-12(11(3)18)5-4-6-16-15/h4-8,11,18H,1-3H3/t11-/m0/s1. The SMILES string of the molecule is Cc1cc(C)c(Oc2ncccc2[C@H](C)O)c([N+](=O)[O-])c1. The molecule has 0 aliphatic rings. The molecule has 6 heteroatoms. The highest BCUT2D eigenvalue weighted by atomic mass is 16.6. The van der Waals surface area contributed by atoms with E-state index < -0.39 is 11.0 Å². The highest BCUT2D eigenvalue weighted by Crippen LogP contribution is 2.36. The van der Waals surface area contributed by atoms with Crippen molar-refractivity contribution in [3.63, 3.8) is 0 Å². The molecular formula is C15H16N2O4. The first-order valence-electron chi connectivity index (χ1n) is 6.46. The molecule has 0 radical (unpaired) electrons. The lowest BCUT2D eigenvalue weighted by Crippen LogP contribution is -2.01. The molecule has 0 amide bonds. The summed E-state index contributed by atoms with van der Waals surface area (Å²) >= 11 is 0. The van der Waals surface area contributed by atoms with Gasteiger partial charge in [0, 0.05) is 17.8 Å². The third-order valence-corrected chi connectivity index (χ3v) is 3.05. The molecule has 2 aromatic rings. The van der Waals surface area contributed by atoms with Crippen LogP contribution in [0.15, 0.2) is 30.5 Å². The maximum atomic E-state index is 11.2. The molecule has 0 aliphatic heterocycles. The number of pyridine rings is 1. The van der Waals surface area contributed by atoms with Crippen LogP contribution in [0.5, 0.6) is 11.6 Å². The van der Waals surface area contributed by atoms with Gasteiger partial charge in [-0.15, -0.1) is 0 Å². The van der Waals surface area contributed by atoms with Crippen molar-refractivity contribution in [2.45, 2.75) is 26.9 Å². The minimum absolute atomic E-state index is 0.116. The average molecular weight is 288 g/mol. The summed E-state index contributed by atoms with van der Waals surface area (Å²) in [6.07, 6.45) is 0.731. The fourth-order valence-electron chi connectivity index (χ4n) is 2.10. The Kier molecular flexibility index (Phi) is 4.18. The molecule has 0 unspecified atom stereocenters. The van der Waals surface area contributed by atoms with Gasteiger partial charge >= 0.3 is 5.69 Å². The molecule has 21 heavy (non-hydrogen) atoms. The molecule has 110 valence electrons. The third-order valence-electron chi connectivity index (χ3n) is 3.05. The molecule has 0 saturated heterocycles. The Bertz CT molecular complexity index is 683. The topological polar surface area (TPSA) is 85.5 Å². The van der Waals surface area contributed by atoms with Crippen LogP contribution < -0.4 is 4.74 Å². The summed E-state index contributed by atoms with van der Waals surface area (Å²) in [5.74, 6) is 0.314. The van der Waals surface area contributed by atoms with Crippen LogP contribution in [0.2, 0.25) is 0 Å². The van der Waals surface area contributed by atoms with Crippen LogP contribution in [0, 0.1) is 24.0 Å². The zero-order valence-electron chi connectivity index (χ0n) is 12.0. The zero-order chi connectivity index (χ0) is 15.6. The molecule has 2 rings (SSSR count). The van der Waals surface area contributed by atoms with Crippen LogP contribution in [0.3, 0.4) is 0 Å². The van der Waals surface area contributed by atoms with E-state index in [0.717, 1.165) is 5.56 Å². The van der Waals surface area contributed by atoms with Gasteiger partial charge in [0.1, 0.15) is 0 Å². The number of aliphatic hydroxyl groups is 1. The van der Waals surface area contributed by atoms with Gasteiger partial charge < -0.3 is 9.84 Å². The highest BCUT2D eigenvalue weighted by Gasteiger charge is 2.21. The van der Waals surface area contributed by atoms with E-state index in [0.29, 0.717) is 11.1 Å². The van der Waals surface area contributed by atoms with Gasteiger partial charge in [-0.05, 0) is 44.0 Å². The molecule has 1 aromatic heterocycles. The fourth-order valence-corrected chi connectivity index (χ4v) is 2.10. The molecule has 0 bridgehead atoms. The van der Waals surface area contributed by atoms with Crippen LogP contribution in [-0.2, 0) is 0 Å². The largest absolute Gasteiger partial charge is 0.431 e. The molecular weight excluding hydrogens is 272 g/mol. The summed E-state index contributed by atoms with van der Waals surface area (Å²) in [5, 5.41) is 20.9. The number of hydrogen-bond donors (Lipinski definition) is 1. The van der Waals surface area contributed by atoms with Crippen molar-refractivity contribution in [2.75, 3.05) is 0 Å². The van der Waals surface area contributed by atoms with Gasteiger partial charge in [0.05, 0.1) is 11.0 Å². The quantitative estimate of drug-likeness (QED) is 0.688. The molecule has 0 saturated carbocycles. The maximum Gasteiger partial charge on any atom is 0.312 e. The maximum absolute atomic E-state index is 11.2. The van der Waals surface area contributed by atoms with Crippen LogP contribution in [-0.4, -0.2) is 15.0 Å². The molecule has 1 heterocycles. The van der Waals surface area contributed by atoms with Crippen LogP contribution in [0.4, 0.5) is 5.69 Å². The van der Waals surface area contributed by atoms with E-state index in [2.05, 4.69) is 4.98 Å². The number of aromatic nitrogens is 1. The molecule has 0 fully saturated rings. The highest BCUT2D eigenvalue weighted by molar-refractivity contribution is 5.55. The summed E-state index contributed by atoms with van der Waals surface area (Å²) < 4.78 is 5.64. The Hall–Kier alpha value is -2.47. The van der Waals surface area contributed by atoms with Gasteiger partial charge in [-0.1, -0.05) is 6.07 Å². The Balaban J connectivity index is 2.52. The predicted molar refractivity (Wildman–Crippen MR) is 77.5 cm³/mol. The van der Waals surface area contributed by atoms with E-state index >= 15 is 0 Å². The number of rotatable bonds is 4. The first-order chi connectivity index (χ1) is 9.90. The summed E-state index contributed by atoms with van der Waals surface area (Å²) in [7, 11) is 0. The van der Waals surface area contributed by atoms with E-state index in [1.807, 2.05) is 0 Å². The average Bonchev–Trinajstić information content (AvgIpc) is 2.41. The molecule has 6 nitrogen and oxygen atoms in total. The number of aryl methyl sites for hydroxylation is 2. The Morgan fingerprint density at radius 2 is 2.10 bits per heavy atom. The molecule has 1 N–H and O–H groups in total. The molecule has 1 atom stereocenters. The van der Waals surface area contributed by atoms with Gasteiger partial charge in [-0.3, -0.25) is 10.1 Å². The lowest BCUT2D eigenvalue weighted by molar-refractivity contribution is -0.385. The third kappa shape index (κ3) is 3.17. The zero-order valence-corrected chi connectivity index (χ0v) is 12.0. The number of hydrogen-bond acceptors (Lipinski definition) is 5. The summed E-state index contributed by atoms with van der Waals surface area (Å²) in [4.78, 5) is 14.8. The van der Waals surface area contributed by atoms with E-state index in [1.165, 1.54) is 12.3 Å². The van der Waals surface area contributed by atoms with Gasteiger partial charge in [-0.25, -0.2) is 4.98 Å². The van der Waals surface area contributed by atoms with Crippen LogP contribution in [0.1, 0.15) is 29.7 Å². The Morgan fingerprint density at radius 1 is 1.38 bits per heavy atom. The van der Waals surface area contributed by atoms with Crippen molar-refractivity contribution in [2.24, 2.45) is 0 Å². The van der Waals surface area contributed by atoms with E-state index in [4.69, 9.17) is 4.74 Å². The summed E-state index contributed by atoms with van der Waals surface area (Å²) in [5.41, 5.74) is 1.79. The number of benzene rings is 1. The van der Waals surface area contributed by atoms with Gasteiger partial charge in [-0.2, -0.15) is 0 Å². The second-order valence-electron chi connectivity index (χ2n) is 4.86. The Morgan fingerprint density at radius 3 is 2.71 bits per heavy atom. The second kappa shape index (κ2) is 5.88. The van der Waals surface area contributed by atoms with Gasteiger partial charge in [0.25, 0.3) is 0 Å². The van der Waals surface area contributed by atoms with E-state index in [-0.39, 0.29) is 17.3 Å². The summed E-state index contributed by atoms with van der Waals surface area (Å²) in [6.45, 7) is 5.10. The van der Waals surface area contributed by atoms with Crippen molar-refractivity contribution >= 4 is 5.69 Å². The fraction of sp³-hybridized carbons (Fsp3) is 0.267. The second-order valence-corrected chi connectivity index (χ2v) is 4.86. The predicted octanol–water partition coefficient (Wildman–Crippen LogP) is 3.45. The number of nitro benzene ring substituents is 1. The van der Waals surface area contributed by atoms with Crippen molar-refractivity contribution < 1.29 is 14.8 Å². The van der Waals surface area contributed by atoms with Crippen molar-refractivity contribution in [1.29, 1.82) is 0 Å². The Labute approximate surface area is 122 Å². The monoisotopic (exact) mass is 288 g/mol. The van der Waals surface area contributed by atoms with Crippen molar-refractivity contribution in [3.05, 3.63) is 57.3 Å². The van der Waals surface area contributed by atoms with Gasteiger partial charge in [0.15, 0.2) is 0 Å². The molecule has 1 aromatic carbocycles. The van der Waals surface area contributed by atoms with Crippen LogP contribution in [0.25, 0.3) is 0 Å². The van der Waals surface area contributed by atoms with Crippen molar-refractivity contribution in [1.82, 2.24) is 4.98 Å². The minimum atomic E-state index is -0.779. The summed E-state index contributed by atoms with van der Waals surface area (Å²) in [6, 6.07) is 6.59. The number of aliphatic hydroxyl groups excluding tert-OH is 1. The van der Waals surface area contributed by atoms with E-state index in [1.54, 1.807) is 39.0 Å². The minimum Gasteiger partial charge on any atom is -0.431 e. The number of ether oxygens (including phenoxy) is 1. The number of nitrogens with zero attached hydrogens (tertiary/aromatic N) is 2.